The molecule has 1 heterocycles. The van der Waals surface area contributed by atoms with Crippen LogP contribution in [0.4, 0.5) is 18.9 Å². The Morgan fingerprint density at radius 1 is 1.23 bits per heavy atom. The summed E-state index contributed by atoms with van der Waals surface area (Å²) < 4.78 is 38.9. The van der Waals surface area contributed by atoms with Gasteiger partial charge in [-0.3, -0.25) is 9.59 Å². The first-order valence-electron chi connectivity index (χ1n) is 8.84. The number of piperazine rings is 1. The molecule has 2 fully saturated rings. The Balaban J connectivity index is 1.50. The van der Waals surface area contributed by atoms with Crippen LogP contribution in [-0.2, 0) is 15.8 Å². The molecule has 1 saturated heterocycles. The molecule has 1 saturated carbocycles. The molecule has 2 aliphatic rings. The number of hydrogen-bond acceptors (Lipinski definition) is 2. The third-order valence-corrected chi connectivity index (χ3v) is 5.13. The number of quaternary nitrogens is 1. The fourth-order valence-corrected chi connectivity index (χ4v) is 3.38. The molecule has 2 N–H and O–H groups in total. The fraction of sp³-hybridized carbons (Fsp3) is 0.556. The maximum absolute atomic E-state index is 13.0. The van der Waals surface area contributed by atoms with Crippen molar-refractivity contribution in [2.24, 2.45) is 11.8 Å². The number of anilines is 1. The molecule has 8 heteroatoms. The smallest absolute Gasteiger partial charge is 0.331 e. The molecular weight excluding hydrogens is 347 g/mol. The second kappa shape index (κ2) is 7.26. The minimum atomic E-state index is -4.51. The Bertz CT molecular complexity index is 685. The molecular formula is C18H23F3N3O2+. The van der Waals surface area contributed by atoms with Crippen LogP contribution in [0.5, 0.6) is 0 Å². The Morgan fingerprint density at radius 3 is 2.42 bits per heavy atom. The molecule has 0 aromatic heterocycles. The van der Waals surface area contributed by atoms with Crippen LogP contribution in [0.2, 0.25) is 0 Å². The largest absolute Gasteiger partial charge is 0.418 e. The highest BCUT2D eigenvalue weighted by Gasteiger charge is 2.42. The molecule has 2 atom stereocenters. The summed E-state index contributed by atoms with van der Waals surface area (Å²) >= 11 is 0. The lowest BCUT2D eigenvalue weighted by Crippen LogP contribution is -3.15. The van der Waals surface area contributed by atoms with Gasteiger partial charge in [-0.2, -0.15) is 13.2 Å². The van der Waals surface area contributed by atoms with E-state index < -0.39 is 17.6 Å². The van der Waals surface area contributed by atoms with E-state index in [1.165, 1.54) is 18.2 Å². The lowest BCUT2D eigenvalue weighted by Gasteiger charge is -2.32. The van der Waals surface area contributed by atoms with Gasteiger partial charge in [-0.15, -0.1) is 0 Å². The van der Waals surface area contributed by atoms with Gasteiger partial charge in [-0.1, -0.05) is 19.1 Å². The van der Waals surface area contributed by atoms with Crippen LogP contribution in [0.1, 0.15) is 18.9 Å². The van der Waals surface area contributed by atoms with Crippen molar-refractivity contribution < 1.29 is 27.7 Å². The Kier molecular flexibility index (Phi) is 5.22. The lowest BCUT2D eigenvalue weighted by molar-refractivity contribution is -0.895. The second-order valence-corrected chi connectivity index (χ2v) is 7.16. The van der Waals surface area contributed by atoms with Crippen molar-refractivity contribution in [2.45, 2.75) is 19.5 Å². The summed E-state index contributed by atoms with van der Waals surface area (Å²) in [6, 6.07) is 4.96. The summed E-state index contributed by atoms with van der Waals surface area (Å²) in [5.41, 5.74) is -1.07. The Morgan fingerprint density at radius 2 is 1.85 bits per heavy atom. The minimum Gasteiger partial charge on any atom is -0.331 e. The third-order valence-electron chi connectivity index (χ3n) is 5.13. The predicted octanol–water partition coefficient (Wildman–Crippen LogP) is 1.03. The molecule has 142 valence electrons. The van der Waals surface area contributed by atoms with Crippen molar-refractivity contribution in [1.82, 2.24) is 4.90 Å². The molecule has 2 amide bonds. The molecule has 1 aliphatic carbocycles. The molecule has 0 spiro atoms. The maximum Gasteiger partial charge on any atom is 0.418 e. The van der Waals surface area contributed by atoms with E-state index in [0.29, 0.717) is 32.1 Å². The maximum atomic E-state index is 13.0. The van der Waals surface area contributed by atoms with Gasteiger partial charge in [0.25, 0.3) is 5.91 Å². The molecule has 1 aliphatic heterocycles. The summed E-state index contributed by atoms with van der Waals surface area (Å²) in [6.07, 6.45) is -3.56. The average Bonchev–Trinajstić information content (AvgIpc) is 3.31. The van der Waals surface area contributed by atoms with Gasteiger partial charge >= 0.3 is 6.18 Å². The number of amides is 2. The van der Waals surface area contributed by atoms with E-state index in [0.717, 1.165) is 17.4 Å². The Labute approximate surface area is 150 Å². The van der Waals surface area contributed by atoms with Gasteiger partial charge in [-0.05, 0) is 24.5 Å². The molecule has 0 bridgehead atoms. The van der Waals surface area contributed by atoms with Crippen LogP contribution >= 0.6 is 0 Å². The van der Waals surface area contributed by atoms with Crippen molar-refractivity contribution >= 4 is 17.5 Å². The summed E-state index contributed by atoms with van der Waals surface area (Å²) in [7, 11) is 0. The summed E-state index contributed by atoms with van der Waals surface area (Å²) in [5.74, 6) is 0.360. The van der Waals surface area contributed by atoms with E-state index in [1.807, 2.05) is 4.90 Å². The van der Waals surface area contributed by atoms with Gasteiger partial charge in [0.05, 0.1) is 37.4 Å². The van der Waals surface area contributed by atoms with E-state index in [9.17, 15) is 22.8 Å². The lowest BCUT2D eigenvalue weighted by atomic mass is 10.1. The molecule has 1 aromatic carbocycles. The van der Waals surface area contributed by atoms with Gasteiger partial charge < -0.3 is 15.1 Å². The summed E-state index contributed by atoms with van der Waals surface area (Å²) in [5, 5.41) is 2.37. The third kappa shape index (κ3) is 4.35. The summed E-state index contributed by atoms with van der Waals surface area (Å²) in [6.45, 7) is 4.58. The molecule has 1 aromatic rings. The van der Waals surface area contributed by atoms with E-state index in [2.05, 4.69) is 12.2 Å². The predicted molar refractivity (Wildman–Crippen MR) is 89.5 cm³/mol. The molecule has 26 heavy (non-hydrogen) atoms. The number of alkyl halides is 3. The fourth-order valence-electron chi connectivity index (χ4n) is 3.38. The second-order valence-electron chi connectivity index (χ2n) is 7.16. The normalized spacial score (nSPS) is 23.6. The number of hydrogen-bond donors (Lipinski definition) is 2. The highest BCUT2D eigenvalue weighted by atomic mass is 19.4. The van der Waals surface area contributed by atoms with Crippen LogP contribution in [0.15, 0.2) is 24.3 Å². The van der Waals surface area contributed by atoms with Crippen molar-refractivity contribution in [2.75, 3.05) is 38.0 Å². The highest BCUT2D eigenvalue weighted by molar-refractivity contribution is 5.92. The molecule has 5 nitrogen and oxygen atoms in total. The monoisotopic (exact) mass is 370 g/mol. The quantitative estimate of drug-likeness (QED) is 0.832. The number of carbonyl (C=O) groups is 2. The van der Waals surface area contributed by atoms with E-state index in [4.69, 9.17) is 0 Å². The number of nitrogens with zero attached hydrogens (tertiary/aromatic N) is 1. The SMILES string of the molecule is C[C@@H]1C[C@@H]1C(=O)N1CC[NH+](CC(=O)Nc2ccccc2C(F)(F)F)CC1. The van der Waals surface area contributed by atoms with E-state index in [-0.39, 0.29) is 24.1 Å². The Hall–Kier alpha value is -2.09. The van der Waals surface area contributed by atoms with Gasteiger partial charge in [0.2, 0.25) is 5.91 Å². The zero-order valence-electron chi connectivity index (χ0n) is 14.6. The van der Waals surface area contributed by atoms with E-state index in [1.54, 1.807) is 0 Å². The van der Waals surface area contributed by atoms with Crippen LogP contribution in [0.25, 0.3) is 0 Å². The number of carbonyl (C=O) groups excluding carboxylic acids is 2. The topological polar surface area (TPSA) is 53.9 Å². The first-order chi connectivity index (χ1) is 12.3. The molecule has 0 radical (unpaired) electrons. The van der Waals surface area contributed by atoms with E-state index >= 15 is 0 Å². The van der Waals surface area contributed by atoms with Crippen molar-refractivity contribution in [3.63, 3.8) is 0 Å². The van der Waals surface area contributed by atoms with Crippen molar-refractivity contribution in [3.05, 3.63) is 29.8 Å². The molecule has 3 rings (SSSR count). The van der Waals surface area contributed by atoms with Crippen molar-refractivity contribution in [1.29, 1.82) is 0 Å². The average molecular weight is 370 g/mol. The van der Waals surface area contributed by atoms with Crippen LogP contribution in [-0.4, -0.2) is 49.4 Å². The van der Waals surface area contributed by atoms with Gasteiger partial charge in [-0.25, -0.2) is 0 Å². The summed E-state index contributed by atoms with van der Waals surface area (Å²) in [4.78, 5) is 27.2. The number of para-hydroxylation sites is 1. The zero-order valence-corrected chi connectivity index (χ0v) is 14.6. The number of benzene rings is 1. The van der Waals surface area contributed by atoms with Gasteiger partial charge in [0.1, 0.15) is 0 Å². The van der Waals surface area contributed by atoms with Crippen LogP contribution in [0.3, 0.4) is 0 Å². The van der Waals surface area contributed by atoms with Crippen molar-refractivity contribution in [3.8, 4) is 0 Å². The highest BCUT2D eigenvalue weighted by Crippen LogP contribution is 2.39. The molecule has 0 unspecified atom stereocenters. The zero-order chi connectivity index (χ0) is 18.9. The van der Waals surface area contributed by atoms with Gasteiger partial charge in [0.15, 0.2) is 6.54 Å². The number of nitrogens with one attached hydrogen (secondary N) is 2. The number of rotatable bonds is 4. The number of halogens is 3. The van der Waals surface area contributed by atoms with Crippen LogP contribution in [0, 0.1) is 11.8 Å². The first kappa shape index (κ1) is 18.7. The minimum absolute atomic E-state index is 0.0913. The van der Waals surface area contributed by atoms with Gasteiger partial charge in [0, 0.05) is 5.92 Å². The van der Waals surface area contributed by atoms with Crippen LogP contribution < -0.4 is 10.2 Å². The standard InChI is InChI=1S/C18H22F3N3O2/c1-12-10-13(12)17(26)24-8-6-23(7-9-24)11-16(25)22-15-5-3-2-4-14(15)18(19,20)21/h2-5,12-13H,6-11H2,1H3,(H,22,25)/p+1/t12-,13+/m1/s1. The first-order valence-corrected chi connectivity index (χ1v) is 8.84.